The van der Waals surface area contributed by atoms with Crippen LogP contribution in [0.15, 0.2) is 35.3 Å². The number of rotatable bonds is 2. The lowest BCUT2D eigenvalue weighted by atomic mass is 10.1. The number of pyridine rings is 1. The molecule has 0 atom stereocenters. The SMILES string of the molecule is CCOc1cccc2c(=O)n(C)ccc12. The van der Waals surface area contributed by atoms with Crippen molar-refractivity contribution >= 4 is 10.8 Å². The predicted molar refractivity (Wildman–Crippen MR) is 60.4 cm³/mol. The maximum atomic E-state index is 11.8. The van der Waals surface area contributed by atoms with E-state index in [0.29, 0.717) is 12.0 Å². The lowest BCUT2D eigenvalue weighted by Crippen LogP contribution is -2.15. The zero-order valence-corrected chi connectivity index (χ0v) is 8.86. The van der Waals surface area contributed by atoms with Gasteiger partial charge < -0.3 is 9.30 Å². The van der Waals surface area contributed by atoms with Gasteiger partial charge in [0.25, 0.3) is 5.56 Å². The third-order valence-corrected chi connectivity index (χ3v) is 2.38. The first-order valence-corrected chi connectivity index (χ1v) is 4.95. The van der Waals surface area contributed by atoms with E-state index in [2.05, 4.69) is 0 Å². The van der Waals surface area contributed by atoms with Crippen LogP contribution in [0, 0.1) is 0 Å². The predicted octanol–water partition coefficient (Wildman–Crippen LogP) is 1.94. The highest BCUT2D eigenvalue weighted by molar-refractivity contribution is 5.87. The van der Waals surface area contributed by atoms with Gasteiger partial charge in [0.15, 0.2) is 0 Å². The Bertz CT molecular complexity index is 543. The number of benzene rings is 1. The zero-order chi connectivity index (χ0) is 10.8. The van der Waals surface area contributed by atoms with Crippen LogP contribution < -0.4 is 10.3 Å². The first kappa shape index (κ1) is 9.77. The fraction of sp³-hybridized carbons (Fsp3) is 0.250. The van der Waals surface area contributed by atoms with Gasteiger partial charge in [0.05, 0.1) is 12.0 Å². The van der Waals surface area contributed by atoms with Crippen LogP contribution in [0.3, 0.4) is 0 Å². The summed E-state index contributed by atoms with van der Waals surface area (Å²) in [5, 5.41) is 1.58. The molecule has 2 rings (SSSR count). The van der Waals surface area contributed by atoms with E-state index in [-0.39, 0.29) is 5.56 Å². The molecular formula is C12H13NO2. The summed E-state index contributed by atoms with van der Waals surface area (Å²) in [7, 11) is 1.75. The topological polar surface area (TPSA) is 31.2 Å². The summed E-state index contributed by atoms with van der Waals surface area (Å²) >= 11 is 0. The molecule has 0 radical (unpaired) electrons. The fourth-order valence-electron chi connectivity index (χ4n) is 1.63. The van der Waals surface area contributed by atoms with Crippen molar-refractivity contribution in [3.63, 3.8) is 0 Å². The van der Waals surface area contributed by atoms with Gasteiger partial charge in [-0.05, 0) is 25.1 Å². The molecule has 0 fully saturated rings. The summed E-state index contributed by atoms with van der Waals surface area (Å²) in [6.07, 6.45) is 1.76. The quantitative estimate of drug-likeness (QED) is 0.746. The van der Waals surface area contributed by atoms with E-state index in [4.69, 9.17) is 4.74 Å². The molecule has 1 heterocycles. The molecule has 0 aliphatic carbocycles. The largest absolute Gasteiger partial charge is 0.493 e. The molecule has 0 aliphatic rings. The van der Waals surface area contributed by atoms with Crippen LogP contribution in [0.25, 0.3) is 10.8 Å². The summed E-state index contributed by atoms with van der Waals surface area (Å²) in [5.41, 5.74) is 0.00838. The molecule has 0 bridgehead atoms. The monoisotopic (exact) mass is 203 g/mol. The highest BCUT2D eigenvalue weighted by Gasteiger charge is 2.04. The van der Waals surface area contributed by atoms with Crippen molar-refractivity contribution in [3.8, 4) is 5.75 Å². The van der Waals surface area contributed by atoms with Gasteiger partial charge in [-0.2, -0.15) is 0 Å². The maximum Gasteiger partial charge on any atom is 0.258 e. The van der Waals surface area contributed by atoms with Crippen molar-refractivity contribution < 1.29 is 4.74 Å². The first-order valence-electron chi connectivity index (χ1n) is 4.95. The Balaban J connectivity index is 2.77. The number of aromatic nitrogens is 1. The normalized spacial score (nSPS) is 10.5. The van der Waals surface area contributed by atoms with Gasteiger partial charge >= 0.3 is 0 Å². The number of hydrogen-bond acceptors (Lipinski definition) is 2. The number of fused-ring (bicyclic) bond motifs is 1. The van der Waals surface area contributed by atoms with Crippen LogP contribution in [0.2, 0.25) is 0 Å². The van der Waals surface area contributed by atoms with E-state index in [0.717, 1.165) is 11.1 Å². The van der Waals surface area contributed by atoms with Gasteiger partial charge in [0.1, 0.15) is 5.75 Å². The average Bonchev–Trinajstić information content (AvgIpc) is 2.25. The second-order valence-electron chi connectivity index (χ2n) is 3.38. The van der Waals surface area contributed by atoms with Crippen LogP contribution in [0.5, 0.6) is 5.75 Å². The molecule has 0 spiro atoms. The van der Waals surface area contributed by atoms with Crippen molar-refractivity contribution in [2.45, 2.75) is 6.92 Å². The van der Waals surface area contributed by atoms with E-state index in [1.54, 1.807) is 17.8 Å². The van der Waals surface area contributed by atoms with E-state index < -0.39 is 0 Å². The molecule has 0 N–H and O–H groups in total. The summed E-state index contributed by atoms with van der Waals surface area (Å²) in [6.45, 7) is 2.54. The Hall–Kier alpha value is -1.77. The lowest BCUT2D eigenvalue weighted by Gasteiger charge is -2.07. The molecule has 0 saturated carbocycles. The highest BCUT2D eigenvalue weighted by atomic mass is 16.5. The molecule has 2 aromatic rings. The smallest absolute Gasteiger partial charge is 0.258 e. The van der Waals surface area contributed by atoms with Crippen LogP contribution in [-0.4, -0.2) is 11.2 Å². The number of aryl methyl sites for hydroxylation is 1. The van der Waals surface area contributed by atoms with Crippen molar-refractivity contribution in [1.82, 2.24) is 4.57 Å². The second-order valence-corrected chi connectivity index (χ2v) is 3.38. The van der Waals surface area contributed by atoms with Gasteiger partial charge in [-0.15, -0.1) is 0 Å². The van der Waals surface area contributed by atoms with E-state index in [1.165, 1.54) is 0 Å². The second kappa shape index (κ2) is 3.77. The zero-order valence-electron chi connectivity index (χ0n) is 8.86. The Morgan fingerprint density at radius 3 is 2.80 bits per heavy atom. The van der Waals surface area contributed by atoms with Gasteiger partial charge in [-0.25, -0.2) is 0 Å². The van der Waals surface area contributed by atoms with E-state index in [9.17, 15) is 4.79 Å². The minimum atomic E-state index is 0.00838. The molecule has 15 heavy (non-hydrogen) atoms. The fourth-order valence-corrected chi connectivity index (χ4v) is 1.63. The molecule has 1 aromatic carbocycles. The van der Waals surface area contributed by atoms with Crippen molar-refractivity contribution in [2.75, 3.05) is 6.61 Å². The third-order valence-electron chi connectivity index (χ3n) is 2.38. The van der Waals surface area contributed by atoms with E-state index in [1.807, 2.05) is 31.2 Å². The summed E-state index contributed by atoms with van der Waals surface area (Å²) in [4.78, 5) is 11.8. The molecule has 0 saturated heterocycles. The minimum absolute atomic E-state index is 0.00838. The molecule has 0 aliphatic heterocycles. The standard InChI is InChI=1S/C12H13NO2/c1-3-15-11-6-4-5-10-9(11)7-8-13(2)12(10)14/h4-8H,3H2,1-2H3. The van der Waals surface area contributed by atoms with Gasteiger partial charge in [-0.3, -0.25) is 4.79 Å². The van der Waals surface area contributed by atoms with Crippen LogP contribution in [0.4, 0.5) is 0 Å². The Morgan fingerprint density at radius 2 is 2.07 bits per heavy atom. The van der Waals surface area contributed by atoms with Crippen molar-refractivity contribution in [2.24, 2.45) is 7.05 Å². The summed E-state index contributed by atoms with van der Waals surface area (Å²) in [5.74, 6) is 0.771. The Morgan fingerprint density at radius 1 is 1.27 bits per heavy atom. The van der Waals surface area contributed by atoms with Crippen LogP contribution in [0.1, 0.15) is 6.92 Å². The van der Waals surface area contributed by atoms with Gasteiger partial charge in [-0.1, -0.05) is 6.07 Å². The van der Waals surface area contributed by atoms with Crippen molar-refractivity contribution in [1.29, 1.82) is 0 Å². The molecular weight excluding hydrogens is 190 g/mol. The molecule has 0 amide bonds. The molecule has 1 aromatic heterocycles. The maximum absolute atomic E-state index is 11.8. The number of nitrogens with zero attached hydrogens (tertiary/aromatic N) is 1. The molecule has 3 heteroatoms. The number of ether oxygens (including phenoxy) is 1. The Kier molecular flexibility index (Phi) is 2.46. The molecule has 3 nitrogen and oxygen atoms in total. The Labute approximate surface area is 87.9 Å². The lowest BCUT2D eigenvalue weighted by molar-refractivity contribution is 0.344. The molecule has 0 unspecified atom stereocenters. The molecule has 78 valence electrons. The minimum Gasteiger partial charge on any atom is -0.493 e. The van der Waals surface area contributed by atoms with Crippen LogP contribution >= 0.6 is 0 Å². The highest BCUT2D eigenvalue weighted by Crippen LogP contribution is 2.22. The van der Waals surface area contributed by atoms with E-state index >= 15 is 0 Å². The van der Waals surface area contributed by atoms with Gasteiger partial charge in [0.2, 0.25) is 0 Å². The first-order chi connectivity index (χ1) is 7.24. The summed E-state index contributed by atoms with van der Waals surface area (Å²) < 4.78 is 7.03. The van der Waals surface area contributed by atoms with Crippen molar-refractivity contribution in [3.05, 3.63) is 40.8 Å². The van der Waals surface area contributed by atoms with Crippen LogP contribution in [-0.2, 0) is 7.05 Å². The third kappa shape index (κ3) is 1.61. The van der Waals surface area contributed by atoms with Gasteiger partial charge in [0, 0.05) is 18.6 Å². The average molecular weight is 203 g/mol. The summed E-state index contributed by atoms with van der Waals surface area (Å²) in [6, 6.07) is 7.45. The number of hydrogen-bond donors (Lipinski definition) is 0.